The van der Waals surface area contributed by atoms with E-state index in [1.165, 1.54) is 10.5 Å². The van der Waals surface area contributed by atoms with E-state index in [9.17, 15) is 0 Å². The number of benzene rings is 2. The topological polar surface area (TPSA) is 27.7 Å². The number of hydrogen-bond acceptors (Lipinski definition) is 4. The molecule has 1 aliphatic heterocycles. The standard InChI is InChI=1S/C21H26O3S/c1-22-19-14-18(12-13-23-16-17-8-4-2-5-9-17)24-21(15-19)25-20-10-6-3-7-11-20/h2-11,18-19,21H,12-16H2,1H3/t18-,19+,21+/m1/s1. The highest BCUT2D eigenvalue weighted by Gasteiger charge is 2.30. The highest BCUT2D eigenvalue weighted by molar-refractivity contribution is 7.99. The summed E-state index contributed by atoms with van der Waals surface area (Å²) in [7, 11) is 1.79. The minimum atomic E-state index is 0.139. The number of hydrogen-bond donors (Lipinski definition) is 0. The van der Waals surface area contributed by atoms with Gasteiger partial charge in [-0.3, -0.25) is 0 Å². The first-order chi connectivity index (χ1) is 12.3. The van der Waals surface area contributed by atoms with Crippen LogP contribution in [-0.4, -0.2) is 31.4 Å². The SMILES string of the molecule is CO[C@H]1C[C@@H](CCOCc2ccccc2)O[C@@H](Sc2ccccc2)C1. The fourth-order valence-corrected chi connectivity index (χ4v) is 4.16. The van der Waals surface area contributed by atoms with Crippen molar-refractivity contribution < 1.29 is 14.2 Å². The van der Waals surface area contributed by atoms with E-state index in [4.69, 9.17) is 14.2 Å². The lowest BCUT2D eigenvalue weighted by Gasteiger charge is -2.34. The fraction of sp³-hybridized carbons (Fsp3) is 0.429. The van der Waals surface area contributed by atoms with Crippen LogP contribution in [-0.2, 0) is 20.8 Å². The lowest BCUT2D eigenvalue weighted by Crippen LogP contribution is -2.35. The first-order valence-corrected chi connectivity index (χ1v) is 9.73. The molecule has 0 spiro atoms. The first kappa shape index (κ1) is 18.5. The van der Waals surface area contributed by atoms with Crippen molar-refractivity contribution in [1.82, 2.24) is 0 Å². The maximum atomic E-state index is 6.28. The summed E-state index contributed by atoms with van der Waals surface area (Å²) < 4.78 is 17.7. The van der Waals surface area contributed by atoms with E-state index in [0.717, 1.165) is 19.3 Å². The van der Waals surface area contributed by atoms with Gasteiger partial charge in [-0.2, -0.15) is 0 Å². The number of rotatable bonds is 8. The molecule has 0 aromatic heterocycles. The van der Waals surface area contributed by atoms with Crippen molar-refractivity contribution in [2.45, 2.75) is 48.4 Å². The lowest BCUT2D eigenvalue weighted by molar-refractivity contribution is -0.0823. The van der Waals surface area contributed by atoms with Gasteiger partial charge in [0.05, 0.1) is 18.8 Å². The third-order valence-electron chi connectivity index (χ3n) is 4.37. The lowest BCUT2D eigenvalue weighted by atomic mass is 10.0. The van der Waals surface area contributed by atoms with Crippen molar-refractivity contribution in [3.8, 4) is 0 Å². The van der Waals surface area contributed by atoms with Crippen LogP contribution in [0.1, 0.15) is 24.8 Å². The number of methoxy groups -OCH3 is 1. The molecule has 25 heavy (non-hydrogen) atoms. The zero-order chi connectivity index (χ0) is 17.3. The average Bonchev–Trinajstić information content (AvgIpc) is 2.67. The van der Waals surface area contributed by atoms with Gasteiger partial charge in [0.15, 0.2) is 0 Å². The second kappa shape index (κ2) is 9.97. The first-order valence-electron chi connectivity index (χ1n) is 8.85. The Kier molecular flexibility index (Phi) is 7.37. The minimum absolute atomic E-state index is 0.139. The normalized spacial score (nSPS) is 23.5. The molecule has 0 bridgehead atoms. The second-order valence-corrected chi connectivity index (χ2v) is 7.51. The molecule has 2 aromatic rings. The van der Waals surface area contributed by atoms with E-state index >= 15 is 0 Å². The maximum Gasteiger partial charge on any atom is 0.110 e. The van der Waals surface area contributed by atoms with E-state index in [2.05, 4.69) is 36.4 Å². The molecular formula is C21H26O3S. The Hall–Kier alpha value is -1.33. The van der Waals surface area contributed by atoms with Crippen LogP contribution in [0.4, 0.5) is 0 Å². The third-order valence-corrected chi connectivity index (χ3v) is 5.48. The molecule has 0 amide bonds. The van der Waals surface area contributed by atoms with Gasteiger partial charge < -0.3 is 14.2 Å². The molecule has 0 radical (unpaired) electrons. The van der Waals surface area contributed by atoms with Crippen LogP contribution in [0, 0.1) is 0 Å². The minimum Gasteiger partial charge on any atom is -0.381 e. The van der Waals surface area contributed by atoms with Crippen molar-refractivity contribution in [2.24, 2.45) is 0 Å². The molecule has 3 atom stereocenters. The average molecular weight is 359 g/mol. The summed E-state index contributed by atoms with van der Waals surface area (Å²) in [6, 6.07) is 20.7. The van der Waals surface area contributed by atoms with Gasteiger partial charge in [-0.15, -0.1) is 0 Å². The van der Waals surface area contributed by atoms with Crippen molar-refractivity contribution in [3.63, 3.8) is 0 Å². The van der Waals surface area contributed by atoms with Gasteiger partial charge in [0, 0.05) is 31.5 Å². The molecule has 2 aromatic carbocycles. The molecule has 1 aliphatic rings. The monoisotopic (exact) mass is 358 g/mol. The van der Waals surface area contributed by atoms with E-state index in [-0.39, 0.29) is 17.6 Å². The highest BCUT2D eigenvalue weighted by atomic mass is 32.2. The molecule has 3 nitrogen and oxygen atoms in total. The van der Waals surface area contributed by atoms with Crippen LogP contribution < -0.4 is 0 Å². The Morgan fingerprint density at radius 3 is 2.44 bits per heavy atom. The summed E-state index contributed by atoms with van der Waals surface area (Å²) in [4.78, 5) is 1.24. The van der Waals surface area contributed by atoms with E-state index in [1.807, 2.05) is 24.3 Å². The third kappa shape index (κ3) is 6.15. The molecule has 4 heteroatoms. The maximum absolute atomic E-state index is 6.28. The van der Waals surface area contributed by atoms with Crippen LogP contribution in [0.5, 0.6) is 0 Å². The fourth-order valence-electron chi connectivity index (χ4n) is 3.01. The van der Waals surface area contributed by atoms with Gasteiger partial charge >= 0.3 is 0 Å². The highest BCUT2D eigenvalue weighted by Crippen LogP contribution is 2.34. The van der Waals surface area contributed by atoms with Gasteiger partial charge in [-0.1, -0.05) is 60.3 Å². The molecular weight excluding hydrogens is 332 g/mol. The van der Waals surface area contributed by atoms with Crippen LogP contribution in [0.2, 0.25) is 0 Å². The molecule has 0 unspecified atom stereocenters. The van der Waals surface area contributed by atoms with Crippen LogP contribution in [0.25, 0.3) is 0 Å². The Balaban J connectivity index is 1.45. The van der Waals surface area contributed by atoms with Gasteiger partial charge in [0.25, 0.3) is 0 Å². The molecule has 1 fully saturated rings. The van der Waals surface area contributed by atoms with Crippen LogP contribution in [0.15, 0.2) is 65.6 Å². The van der Waals surface area contributed by atoms with Gasteiger partial charge in [0.2, 0.25) is 0 Å². The quantitative estimate of drug-likeness (QED) is 0.627. The summed E-state index contributed by atoms with van der Waals surface area (Å²) in [6.45, 7) is 1.36. The smallest absolute Gasteiger partial charge is 0.110 e. The zero-order valence-electron chi connectivity index (χ0n) is 14.7. The molecule has 0 N–H and O–H groups in total. The Labute approximate surface area is 154 Å². The number of thioether (sulfide) groups is 1. The van der Waals surface area contributed by atoms with Crippen molar-refractivity contribution in [1.29, 1.82) is 0 Å². The molecule has 1 heterocycles. The second-order valence-electron chi connectivity index (χ2n) is 6.27. The zero-order valence-corrected chi connectivity index (χ0v) is 15.5. The molecule has 1 saturated heterocycles. The van der Waals surface area contributed by atoms with Crippen LogP contribution in [0.3, 0.4) is 0 Å². The van der Waals surface area contributed by atoms with Gasteiger partial charge in [-0.05, 0) is 24.1 Å². The molecule has 0 saturated carbocycles. The summed E-state index contributed by atoms with van der Waals surface area (Å²) >= 11 is 1.78. The van der Waals surface area contributed by atoms with Gasteiger partial charge in [0.1, 0.15) is 5.44 Å². The largest absolute Gasteiger partial charge is 0.381 e. The van der Waals surface area contributed by atoms with E-state index < -0.39 is 0 Å². The predicted molar refractivity (Wildman–Crippen MR) is 102 cm³/mol. The van der Waals surface area contributed by atoms with Crippen molar-refractivity contribution in [2.75, 3.05) is 13.7 Å². The van der Waals surface area contributed by atoms with Gasteiger partial charge in [-0.25, -0.2) is 0 Å². The van der Waals surface area contributed by atoms with Crippen molar-refractivity contribution >= 4 is 11.8 Å². The Morgan fingerprint density at radius 1 is 1.00 bits per heavy atom. The Morgan fingerprint density at radius 2 is 1.72 bits per heavy atom. The number of ether oxygens (including phenoxy) is 3. The molecule has 134 valence electrons. The Bertz CT molecular complexity index is 605. The van der Waals surface area contributed by atoms with E-state index in [0.29, 0.717) is 13.2 Å². The summed E-state index contributed by atoms with van der Waals surface area (Å²) in [6.07, 6.45) is 3.22. The van der Waals surface area contributed by atoms with Crippen LogP contribution >= 0.6 is 11.8 Å². The summed E-state index contributed by atoms with van der Waals surface area (Å²) in [5, 5.41) is 0. The molecule has 3 rings (SSSR count). The van der Waals surface area contributed by atoms with Crippen molar-refractivity contribution in [3.05, 3.63) is 66.2 Å². The summed E-state index contributed by atoms with van der Waals surface area (Å²) in [5.41, 5.74) is 1.35. The molecule has 0 aliphatic carbocycles. The predicted octanol–water partition coefficient (Wildman–Crippen LogP) is 4.91. The van der Waals surface area contributed by atoms with E-state index in [1.54, 1.807) is 18.9 Å². The summed E-state index contributed by atoms with van der Waals surface area (Å²) in [5.74, 6) is 0.